The number of nitrogens with zero attached hydrogens (tertiary/aromatic N) is 4. The number of fused-ring (bicyclic) bond motifs is 1. The molecule has 0 unspecified atom stereocenters. The summed E-state index contributed by atoms with van der Waals surface area (Å²) < 4.78 is 1.09. The van der Waals surface area contributed by atoms with Crippen molar-refractivity contribution in [3.05, 3.63) is 115 Å². The van der Waals surface area contributed by atoms with Crippen LogP contribution in [0.3, 0.4) is 0 Å². The summed E-state index contributed by atoms with van der Waals surface area (Å²) >= 11 is 1.52. The van der Waals surface area contributed by atoms with Crippen molar-refractivity contribution in [2.24, 2.45) is 15.2 Å². The zero-order valence-electron chi connectivity index (χ0n) is 16.6. The van der Waals surface area contributed by atoms with Crippen LogP contribution in [0.2, 0.25) is 0 Å². The van der Waals surface area contributed by atoms with Gasteiger partial charge in [0.15, 0.2) is 0 Å². The number of para-hydroxylation sites is 1. The summed E-state index contributed by atoms with van der Waals surface area (Å²) in [5.74, 6) is 0. The van der Waals surface area contributed by atoms with E-state index in [2.05, 4.69) is 88.1 Å². The van der Waals surface area contributed by atoms with Crippen molar-refractivity contribution in [3.8, 4) is 0 Å². The first kappa shape index (κ1) is 19.6. The third-order valence-electron chi connectivity index (χ3n) is 4.98. The third kappa shape index (κ3) is 3.86. The van der Waals surface area contributed by atoms with E-state index in [0.29, 0.717) is 5.13 Å². The largest absolute Gasteiger partial charge is 0.232 e. The topological polar surface area (TPSA) is 50.0 Å². The number of benzene rings is 4. The van der Waals surface area contributed by atoms with E-state index in [1.165, 1.54) is 11.3 Å². The van der Waals surface area contributed by atoms with Crippen molar-refractivity contribution < 1.29 is 0 Å². The van der Waals surface area contributed by atoms with Crippen molar-refractivity contribution >= 4 is 49.7 Å². The summed E-state index contributed by atoms with van der Waals surface area (Å²) in [6, 6.07) is 39.2. The van der Waals surface area contributed by atoms with Crippen molar-refractivity contribution in [1.82, 2.24) is 4.98 Å². The molecule has 5 rings (SSSR count). The molecule has 0 fully saturated rings. The SMILES string of the molecule is c1ccc(P(=N/N=N/c2nc3ccccc3s2)(c2ccccc2)c2ccccc2)cc1. The van der Waals surface area contributed by atoms with Gasteiger partial charge in [0.05, 0.1) is 17.3 Å². The third-order valence-corrected chi connectivity index (χ3v) is 9.38. The quantitative estimate of drug-likeness (QED) is 0.176. The van der Waals surface area contributed by atoms with Gasteiger partial charge in [-0.1, -0.05) is 120 Å². The molecular formula is C25H19N4PS. The Kier molecular flexibility index (Phi) is 5.53. The van der Waals surface area contributed by atoms with E-state index in [1.54, 1.807) is 0 Å². The van der Waals surface area contributed by atoms with Crippen LogP contribution in [0.25, 0.3) is 10.2 Å². The average molecular weight is 438 g/mol. The molecule has 0 saturated heterocycles. The van der Waals surface area contributed by atoms with Crippen molar-refractivity contribution in [2.75, 3.05) is 0 Å². The van der Waals surface area contributed by atoms with Crippen LogP contribution in [0.5, 0.6) is 0 Å². The van der Waals surface area contributed by atoms with E-state index in [4.69, 9.17) is 4.85 Å². The highest BCUT2D eigenvalue weighted by Gasteiger charge is 2.27. The molecule has 150 valence electrons. The Bertz CT molecular complexity index is 1240. The predicted molar refractivity (Wildman–Crippen MR) is 132 cm³/mol. The molecule has 0 amide bonds. The van der Waals surface area contributed by atoms with Crippen molar-refractivity contribution in [2.45, 2.75) is 0 Å². The number of aromatic nitrogens is 1. The maximum atomic E-state index is 4.97. The molecule has 0 aliphatic carbocycles. The molecule has 31 heavy (non-hydrogen) atoms. The molecule has 0 radical (unpaired) electrons. The Morgan fingerprint density at radius 2 is 1.06 bits per heavy atom. The summed E-state index contributed by atoms with van der Waals surface area (Å²) in [6.45, 7) is 0. The molecule has 1 heterocycles. The summed E-state index contributed by atoms with van der Waals surface area (Å²) in [7, 11) is -2.38. The molecule has 4 aromatic carbocycles. The Labute approximate surface area is 185 Å². The van der Waals surface area contributed by atoms with Gasteiger partial charge in [-0.3, -0.25) is 0 Å². The normalized spacial score (nSPS) is 11.7. The Hall–Kier alpha value is -3.40. The van der Waals surface area contributed by atoms with Crippen molar-refractivity contribution in [3.63, 3.8) is 0 Å². The van der Waals surface area contributed by atoms with E-state index in [-0.39, 0.29) is 0 Å². The summed E-state index contributed by atoms with van der Waals surface area (Å²) in [5.41, 5.74) is 0.927. The van der Waals surface area contributed by atoms with Crippen LogP contribution in [0.15, 0.2) is 130 Å². The van der Waals surface area contributed by atoms with Crippen LogP contribution in [0, 0.1) is 0 Å². The zero-order chi connectivity index (χ0) is 20.9. The fraction of sp³-hybridized carbons (Fsp3) is 0. The van der Waals surface area contributed by atoms with Gasteiger partial charge in [0.2, 0.25) is 5.13 Å². The highest BCUT2D eigenvalue weighted by Crippen LogP contribution is 2.46. The van der Waals surface area contributed by atoms with Crippen LogP contribution < -0.4 is 15.9 Å². The number of hydrogen-bond donors (Lipinski definition) is 0. The highest BCUT2D eigenvalue weighted by molar-refractivity contribution is 7.87. The predicted octanol–water partition coefficient (Wildman–Crippen LogP) is 6.47. The fourth-order valence-electron chi connectivity index (χ4n) is 3.55. The minimum atomic E-state index is -2.38. The monoisotopic (exact) mass is 438 g/mol. The van der Waals surface area contributed by atoms with Crippen LogP contribution in [0.4, 0.5) is 5.13 Å². The molecule has 0 aliphatic rings. The molecular weight excluding hydrogens is 419 g/mol. The molecule has 5 aromatic rings. The van der Waals surface area contributed by atoms with Gasteiger partial charge in [0.25, 0.3) is 0 Å². The van der Waals surface area contributed by atoms with Crippen LogP contribution >= 0.6 is 18.4 Å². The lowest BCUT2D eigenvalue weighted by atomic mass is 10.3. The van der Waals surface area contributed by atoms with E-state index in [0.717, 1.165) is 26.1 Å². The second kappa shape index (κ2) is 8.76. The van der Waals surface area contributed by atoms with Crippen molar-refractivity contribution in [1.29, 1.82) is 0 Å². The minimum absolute atomic E-state index is 0.609. The van der Waals surface area contributed by atoms with Gasteiger partial charge in [-0.25, -0.2) is 4.98 Å². The molecule has 0 N–H and O–H groups in total. The maximum Gasteiger partial charge on any atom is 0.232 e. The Morgan fingerprint density at radius 3 is 1.58 bits per heavy atom. The van der Waals surface area contributed by atoms with Gasteiger partial charge >= 0.3 is 0 Å². The summed E-state index contributed by atoms with van der Waals surface area (Å²) in [4.78, 5) is 9.53. The first-order valence-corrected chi connectivity index (χ1v) is 12.5. The second-order valence-electron chi connectivity index (χ2n) is 6.89. The van der Waals surface area contributed by atoms with Gasteiger partial charge in [-0.2, -0.15) is 0 Å². The zero-order valence-corrected chi connectivity index (χ0v) is 18.3. The molecule has 1 aromatic heterocycles. The molecule has 6 heteroatoms. The summed E-state index contributed by atoms with van der Waals surface area (Å²) in [5, 5.41) is 12.8. The first-order chi connectivity index (χ1) is 15.4. The lowest BCUT2D eigenvalue weighted by Gasteiger charge is -2.24. The van der Waals surface area contributed by atoms with Gasteiger partial charge < -0.3 is 0 Å². The highest BCUT2D eigenvalue weighted by atomic mass is 32.1. The molecule has 0 atom stereocenters. The van der Waals surface area contributed by atoms with Crippen LogP contribution in [-0.4, -0.2) is 4.98 Å². The number of rotatable bonds is 5. The lowest BCUT2D eigenvalue weighted by Crippen LogP contribution is -2.25. The van der Waals surface area contributed by atoms with E-state index < -0.39 is 7.05 Å². The molecule has 0 saturated carbocycles. The van der Waals surface area contributed by atoms with Crippen LogP contribution in [-0.2, 0) is 0 Å². The fourth-order valence-corrected chi connectivity index (χ4v) is 7.51. The Balaban J connectivity index is 1.73. The molecule has 0 aliphatic heterocycles. The van der Waals surface area contributed by atoms with E-state index in [9.17, 15) is 0 Å². The van der Waals surface area contributed by atoms with Gasteiger partial charge in [0, 0.05) is 15.9 Å². The smallest absolute Gasteiger partial charge is 0.217 e. The number of thiazole rings is 1. The minimum Gasteiger partial charge on any atom is -0.217 e. The van der Waals surface area contributed by atoms with Gasteiger partial charge in [0.1, 0.15) is 0 Å². The maximum absolute atomic E-state index is 4.97. The lowest BCUT2D eigenvalue weighted by molar-refractivity contribution is 1.07. The standard InChI is InChI=1S/C25H19N4PS/c1-4-12-20(13-5-1)30(21-14-6-2-7-15-21,22-16-8-3-9-17-22)29-28-27-25-26-23-18-10-11-19-24(23)31-25/h1-19H/b28-27+. The second-order valence-corrected chi connectivity index (χ2v) is 10.9. The Morgan fingerprint density at radius 1 is 0.581 bits per heavy atom. The van der Waals surface area contributed by atoms with Gasteiger partial charge in [-0.15, -0.1) is 4.85 Å². The average Bonchev–Trinajstić information content (AvgIpc) is 3.26. The molecule has 0 spiro atoms. The first-order valence-electron chi connectivity index (χ1n) is 9.91. The summed E-state index contributed by atoms with van der Waals surface area (Å²) in [6.07, 6.45) is 0. The molecule has 0 bridgehead atoms. The van der Waals surface area contributed by atoms with Crippen LogP contribution in [0.1, 0.15) is 0 Å². The molecule has 4 nitrogen and oxygen atoms in total. The van der Waals surface area contributed by atoms with E-state index in [1.807, 2.05) is 42.5 Å². The van der Waals surface area contributed by atoms with E-state index >= 15 is 0 Å². The van der Waals surface area contributed by atoms with Gasteiger partial charge in [-0.05, 0) is 17.4 Å². The number of hydrogen-bond acceptors (Lipinski definition) is 3.